The highest BCUT2D eigenvalue weighted by Crippen LogP contribution is 2.25. The standard InChI is InChI=1S/C18H14O5/c19-15-9-6-14(12-16(15)20)8-11-18(22)23-17(21)10-7-13-4-2-1-3-5-13/h1-12,19-20H/b10-7+,11-8+. The van der Waals surface area contributed by atoms with E-state index >= 15 is 0 Å². The first kappa shape index (κ1) is 16.0. The molecule has 0 saturated heterocycles. The molecule has 0 amide bonds. The summed E-state index contributed by atoms with van der Waals surface area (Å²) >= 11 is 0. The lowest BCUT2D eigenvalue weighted by Gasteiger charge is -1.98. The fourth-order valence-corrected chi connectivity index (χ4v) is 1.70. The molecule has 0 radical (unpaired) electrons. The molecule has 0 aliphatic rings. The molecular formula is C18H14O5. The molecule has 2 aromatic rings. The summed E-state index contributed by atoms with van der Waals surface area (Å²) in [6.07, 6.45) is 5.11. The lowest BCUT2D eigenvalue weighted by atomic mass is 10.2. The van der Waals surface area contributed by atoms with Gasteiger partial charge in [0.15, 0.2) is 11.5 Å². The van der Waals surface area contributed by atoms with Gasteiger partial charge in [-0.1, -0.05) is 36.4 Å². The second-order valence-electron chi connectivity index (χ2n) is 4.57. The lowest BCUT2D eigenvalue weighted by molar-refractivity contribution is -0.152. The van der Waals surface area contributed by atoms with Crippen molar-refractivity contribution in [1.82, 2.24) is 0 Å². The molecule has 23 heavy (non-hydrogen) atoms. The van der Waals surface area contributed by atoms with Gasteiger partial charge in [-0.05, 0) is 35.4 Å². The summed E-state index contributed by atoms with van der Waals surface area (Å²) in [5, 5.41) is 18.5. The Morgan fingerprint density at radius 2 is 1.39 bits per heavy atom. The minimum Gasteiger partial charge on any atom is -0.504 e. The molecule has 0 aliphatic heterocycles. The first-order valence-electron chi connectivity index (χ1n) is 6.73. The van der Waals surface area contributed by atoms with Crippen molar-refractivity contribution in [3.63, 3.8) is 0 Å². The molecule has 0 aromatic heterocycles. The summed E-state index contributed by atoms with van der Waals surface area (Å²) in [5.41, 5.74) is 1.29. The van der Waals surface area contributed by atoms with Gasteiger partial charge in [-0.2, -0.15) is 0 Å². The minimum atomic E-state index is -0.833. The molecule has 0 bridgehead atoms. The van der Waals surface area contributed by atoms with Crippen LogP contribution in [0.15, 0.2) is 60.7 Å². The average Bonchev–Trinajstić information content (AvgIpc) is 2.55. The summed E-state index contributed by atoms with van der Waals surface area (Å²) < 4.78 is 4.58. The number of carbonyl (C=O) groups is 2. The fourth-order valence-electron chi connectivity index (χ4n) is 1.70. The monoisotopic (exact) mass is 310 g/mol. The van der Waals surface area contributed by atoms with Crippen molar-refractivity contribution in [1.29, 1.82) is 0 Å². The molecule has 0 spiro atoms. The van der Waals surface area contributed by atoms with Gasteiger partial charge in [0.1, 0.15) is 0 Å². The summed E-state index contributed by atoms with van der Waals surface area (Å²) in [7, 11) is 0. The van der Waals surface area contributed by atoms with E-state index in [0.717, 1.165) is 17.7 Å². The molecule has 0 heterocycles. The van der Waals surface area contributed by atoms with Crippen molar-refractivity contribution in [2.75, 3.05) is 0 Å². The van der Waals surface area contributed by atoms with Crippen LogP contribution in [0.3, 0.4) is 0 Å². The van der Waals surface area contributed by atoms with E-state index in [0.29, 0.717) is 5.56 Å². The Morgan fingerprint density at radius 1 is 0.783 bits per heavy atom. The van der Waals surface area contributed by atoms with Crippen LogP contribution in [0.1, 0.15) is 11.1 Å². The van der Waals surface area contributed by atoms with Crippen molar-refractivity contribution < 1.29 is 24.5 Å². The number of hydrogen-bond acceptors (Lipinski definition) is 5. The molecule has 0 unspecified atom stereocenters. The molecule has 0 saturated carbocycles. The molecule has 5 nitrogen and oxygen atoms in total. The third kappa shape index (κ3) is 5.17. The third-order valence-electron chi connectivity index (χ3n) is 2.82. The Bertz CT molecular complexity index is 760. The van der Waals surface area contributed by atoms with Gasteiger partial charge in [-0.15, -0.1) is 0 Å². The molecule has 0 aliphatic carbocycles. The van der Waals surface area contributed by atoms with Gasteiger partial charge in [0.2, 0.25) is 0 Å². The number of carbonyl (C=O) groups excluding carboxylic acids is 2. The number of benzene rings is 2. The van der Waals surface area contributed by atoms with Crippen molar-refractivity contribution in [3.8, 4) is 11.5 Å². The second kappa shape index (κ2) is 7.61. The SMILES string of the molecule is O=C(/C=C/c1ccccc1)OC(=O)/C=C/c1ccc(O)c(O)c1. The van der Waals surface area contributed by atoms with Crippen LogP contribution in [0, 0.1) is 0 Å². The predicted molar refractivity (Wildman–Crippen MR) is 85.4 cm³/mol. The Balaban J connectivity index is 1.91. The van der Waals surface area contributed by atoms with Crippen LogP contribution in [0.5, 0.6) is 11.5 Å². The van der Waals surface area contributed by atoms with Crippen LogP contribution in [-0.4, -0.2) is 22.2 Å². The number of esters is 2. The number of ether oxygens (including phenoxy) is 1. The molecule has 2 aromatic carbocycles. The van der Waals surface area contributed by atoms with E-state index < -0.39 is 11.9 Å². The Morgan fingerprint density at radius 3 is 2.00 bits per heavy atom. The molecule has 0 atom stereocenters. The number of hydrogen-bond donors (Lipinski definition) is 2. The summed E-state index contributed by atoms with van der Waals surface area (Å²) in [6, 6.07) is 13.2. The Kier molecular flexibility index (Phi) is 5.30. The highest BCUT2D eigenvalue weighted by molar-refractivity contribution is 5.99. The molecule has 2 N–H and O–H groups in total. The van der Waals surface area contributed by atoms with Crippen LogP contribution in [-0.2, 0) is 14.3 Å². The van der Waals surface area contributed by atoms with Crippen molar-refractivity contribution in [2.45, 2.75) is 0 Å². The Hall–Kier alpha value is -3.34. The third-order valence-corrected chi connectivity index (χ3v) is 2.82. The van der Waals surface area contributed by atoms with E-state index in [1.165, 1.54) is 30.4 Å². The molecular weight excluding hydrogens is 296 g/mol. The maximum absolute atomic E-state index is 11.5. The van der Waals surface area contributed by atoms with E-state index in [1.54, 1.807) is 0 Å². The van der Waals surface area contributed by atoms with E-state index in [2.05, 4.69) is 4.74 Å². The minimum absolute atomic E-state index is 0.258. The quantitative estimate of drug-likeness (QED) is 0.392. The van der Waals surface area contributed by atoms with Crippen molar-refractivity contribution >= 4 is 24.1 Å². The molecule has 5 heteroatoms. The van der Waals surface area contributed by atoms with Crippen LogP contribution in [0.4, 0.5) is 0 Å². The number of rotatable bonds is 4. The second-order valence-corrected chi connectivity index (χ2v) is 4.57. The predicted octanol–water partition coefficient (Wildman–Crippen LogP) is 2.89. The largest absolute Gasteiger partial charge is 0.504 e. The molecule has 0 fully saturated rings. The van der Waals surface area contributed by atoms with Gasteiger partial charge in [-0.3, -0.25) is 0 Å². The van der Waals surface area contributed by atoms with Crippen LogP contribution in [0.2, 0.25) is 0 Å². The average molecular weight is 310 g/mol. The van der Waals surface area contributed by atoms with E-state index in [9.17, 15) is 19.8 Å². The fraction of sp³-hybridized carbons (Fsp3) is 0. The van der Waals surface area contributed by atoms with Gasteiger partial charge in [0, 0.05) is 12.2 Å². The van der Waals surface area contributed by atoms with E-state index in [1.807, 2.05) is 30.3 Å². The number of aromatic hydroxyl groups is 2. The number of phenols is 2. The van der Waals surface area contributed by atoms with Crippen LogP contribution in [0.25, 0.3) is 12.2 Å². The lowest BCUT2D eigenvalue weighted by Crippen LogP contribution is -2.06. The van der Waals surface area contributed by atoms with Crippen LogP contribution < -0.4 is 0 Å². The summed E-state index contributed by atoms with van der Waals surface area (Å²) in [4.78, 5) is 23.0. The highest BCUT2D eigenvalue weighted by Gasteiger charge is 2.04. The zero-order valence-electron chi connectivity index (χ0n) is 12.0. The van der Waals surface area contributed by atoms with Gasteiger partial charge in [-0.25, -0.2) is 9.59 Å². The zero-order chi connectivity index (χ0) is 16.7. The normalized spacial score (nSPS) is 11.0. The maximum Gasteiger partial charge on any atom is 0.338 e. The first-order chi connectivity index (χ1) is 11.0. The molecule has 116 valence electrons. The smallest absolute Gasteiger partial charge is 0.338 e. The van der Waals surface area contributed by atoms with Crippen LogP contribution >= 0.6 is 0 Å². The van der Waals surface area contributed by atoms with Gasteiger partial charge in [0.05, 0.1) is 0 Å². The molecule has 2 rings (SSSR count). The summed E-state index contributed by atoms with van der Waals surface area (Å²) in [5.74, 6) is -2.18. The summed E-state index contributed by atoms with van der Waals surface area (Å²) in [6.45, 7) is 0. The topological polar surface area (TPSA) is 83.8 Å². The van der Waals surface area contributed by atoms with E-state index in [4.69, 9.17) is 0 Å². The number of phenolic OH excluding ortho intramolecular Hbond substituents is 2. The Labute approximate surface area is 132 Å². The highest BCUT2D eigenvalue weighted by atomic mass is 16.6. The van der Waals surface area contributed by atoms with Gasteiger partial charge in [0.25, 0.3) is 0 Å². The van der Waals surface area contributed by atoms with Gasteiger partial charge >= 0.3 is 11.9 Å². The first-order valence-corrected chi connectivity index (χ1v) is 6.73. The zero-order valence-corrected chi connectivity index (χ0v) is 12.0. The maximum atomic E-state index is 11.5. The van der Waals surface area contributed by atoms with Gasteiger partial charge < -0.3 is 14.9 Å². The van der Waals surface area contributed by atoms with E-state index in [-0.39, 0.29) is 11.5 Å². The van der Waals surface area contributed by atoms with Crippen molar-refractivity contribution in [2.24, 2.45) is 0 Å². The van der Waals surface area contributed by atoms with Crippen molar-refractivity contribution in [3.05, 3.63) is 71.8 Å².